The second-order valence-electron chi connectivity index (χ2n) is 7.23. The summed E-state index contributed by atoms with van der Waals surface area (Å²) in [6.07, 6.45) is -0.215. The molecule has 0 saturated heterocycles. The zero-order valence-corrected chi connectivity index (χ0v) is 18.9. The standard InChI is InChI=1S/C23H24N2O6S/c1-4-30-23(27)17-7-9-19(10-8-17)24-22(26)11-12-32(28,29)21-14-18(6-5-15(21)2)20-13-16(3)25-31-20/h5-10,13-14H,4,11-12H2,1-3H3,(H,24,26). The van der Waals surface area contributed by atoms with Gasteiger partial charge in [0.1, 0.15) is 0 Å². The van der Waals surface area contributed by atoms with Crippen molar-refractivity contribution in [1.29, 1.82) is 0 Å². The van der Waals surface area contributed by atoms with Crippen molar-refractivity contribution in [2.24, 2.45) is 0 Å². The summed E-state index contributed by atoms with van der Waals surface area (Å²) >= 11 is 0. The van der Waals surface area contributed by atoms with E-state index in [1.807, 2.05) is 0 Å². The fraction of sp³-hybridized carbons (Fsp3) is 0.261. The Balaban J connectivity index is 1.66. The van der Waals surface area contributed by atoms with Gasteiger partial charge in [-0.2, -0.15) is 0 Å². The molecule has 0 unspecified atom stereocenters. The lowest BCUT2D eigenvalue weighted by Gasteiger charge is -2.10. The largest absolute Gasteiger partial charge is 0.462 e. The third-order valence-electron chi connectivity index (χ3n) is 4.71. The number of amides is 1. The third-order valence-corrected chi connectivity index (χ3v) is 6.56. The van der Waals surface area contributed by atoms with E-state index in [-0.39, 0.29) is 23.7 Å². The minimum Gasteiger partial charge on any atom is -0.462 e. The number of esters is 1. The predicted molar refractivity (Wildman–Crippen MR) is 119 cm³/mol. The molecule has 0 radical (unpaired) electrons. The Morgan fingerprint density at radius 1 is 1.06 bits per heavy atom. The first kappa shape index (κ1) is 23.2. The second kappa shape index (κ2) is 9.78. The molecule has 0 spiro atoms. The van der Waals surface area contributed by atoms with Crippen molar-refractivity contribution in [3.05, 3.63) is 65.4 Å². The van der Waals surface area contributed by atoms with Gasteiger partial charge in [-0.25, -0.2) is 13.2 Å². The highest BCUT2D eigenvalue weighted by atomic mass is 32.2. The molecule has 8 nitrogen and oxygen atoms in total. The van der Waals surface area contributed by atoms with Gasteiger partial charge in [-0.15, -0.1) is 0 Å². The van der Waals surface area contributed by atoms with Crippen LogP contribution >= 0.6 is 0 Å². The van der Waals surface area contributed by atoms with E-state index in [1.54, 1.807) is 51.1 Å². The van der Waals surface area contributed by atoms with Crippen molar-refractivity contribution in [2.45, 2.75) is 32.1 Å². The minimum absolute atomic E-state index is 0.149. The number of aryl methyl sites for hydroxylation is 2. The maximum absolute atomic E-state index is 12.9. The lowest BCUT2D eigenvalue weighted by Crippen LogP contribution is -2.18. The van der Waals surface area contributed by atoms with E-state index in [4.69, 9.17) is 9.26 Å². The lowest BCUT2D eigenvalue weighted by atomic mass is 10.1. The Morgan fingerprint density at radius 2 is 1.78 bits per heavy atom. The van der Waals surface area contributed by atoms with E-state index in [0.717, 1.165) is 0 Å². The monoisotopic (exact) mass is 456 g/mol. The zero-order valence-electron chi connectivity index (χ0n) is 18.0. The van der Waals surface area contributed by atoms with E-state index in [2.05, 4.69) is 10.5 Å². The number of hydrogen-bond donors (Lipinski definition) is 1. The van der Waals surface area contributed by atoms with Crippen LogP contribution in [0.2, 0.25) is 0 Å². The fourth-order valence-electron chi connectivity index (χ4n) is 3.05. The number of hydrogen-bond acceptors (Lipinski definition) is 7. The van der Waals surface area contributed by atoms with Crippen molar-refractivity contribution < 1.29 is 27.3 Å². The Kier molecular flexibility index (Phi) is 7.09. The summed E-state index contributed by atoms with van der Waals surface area (Å²) in [5.74, 6) is -0.769. The molecule has 1 heterocycles. The second-order valence-corrected chi connectivity index (χ2v) is 9.31. The zero-order chi connectivity index (χ0) is 23.3. The fourth-order valence-corrected chi connectivity index (χ4v) is 4.59. The quantitative estimate of drug-likeness (QED) is 0.511. The van der Waals surface area contributed by atoms with Crippen molar-refractivity contribution >= 4 is 27.4 Å². The van der Waals surface area contributed by atoms with Crippen LogP contribution in [0.1, 0.15) is 35.0 Å². The smallest absolute Gasteiger partial charge is 0.338 e. The number of ether oxygens (including phenoxy) is 1. The molecule has 1 aromatic heterocycles. The summed E-state index contributed by atoms with van der Waals surface area (Å²) < 4.78 is 35.9. The van der Waals surface area contributed by atoms with Gasteiger partial charge in [-0.05, 0) is 56.7 Å². The number of nitrogens with zero attached hydrogens (tertiary/aromatic N) is 1. The number of benzene rings is 2. The Bertz CT molecular complexity index is 1230. The van der Waals surface area contributed by atoms with Crippen LogP contribution in [0.25, 0.3) is 11.3 Å². The minimum atomic E-state index is -3.71. The van der Waals surface area contributed by atoms with Gasteiger partial charge in [0.2, 0.25) is 5.91 Å². The molecule has 0 bridgehead atoms. The summed E-state index contributed by atoms with van der Waals surface area (Å²) in [6.45, 7) is 5.47. The molecule has 9 heteroatoms. The van der Waals surface area contributed by atoms with E-state index in [0.29, 0.717) is 33.8 Å². The van der Waals surface area contributed by atoms with Crippen molar-refractivity contribution in [1.82, 2.24) is 5.16 Å². The molecular weight excluding hydrogens is 432 g/mol. The van der Waals surface area contributed by atoms with Gasteiger partial charge in [0, 0.05) is 23.7 Å². The van der Waals surface area contributed by atoms with Gasteiger partial charge in [0.25, 0.3) is 0 Å². The van der Waals surface area contributed by atoms with Gasteiger partial charge in [-0.3, -0.25) is 4.79 Å². The van der Waals surface area contributed by atoms with Crippen LogP contribution in [0, 0.1) is 13.8 Å². The highest BCUT2D eigenvalue weighted by molar-refractivity contribution is 7.91. The van der Waals surface area contributed by atoms with Crippen LogP contribution in [-0.4, -0.2) is 37.8 Å². The summed E-state index contributed by atoms with van der Waals surface area (Å²) in [5, 5.41) is 6.47. The number of carbonyl (C=O) groups is 2. The Hall–Kier alpha value is -3.46. The molecule has 0 aliphatic heterocycles. The molecule has 3 rings (SSSR count). The molecule has 32 heavy (non-hydrogen) atoms. The maximum Gasteiger partial charge on any atom is 0.338 e. The lowest BCUT2D eigenvalue weighted by molar-refractivity contribution is -0.115. The van der Waals surface area contributed by atoms with Gasteiger partial charge in [0.05, 0.1) is 28.5 Å². The topological polar surface area (TPSA) is 116 Å². The first-order valence-electron chi connectivity index (χ1n) is 10.0. The summed E-state index contributed by atoms with van der Waals surface area (Å²) in [5.41, 5.74) is 2.70. The Morgan fingerprint density at radius 3 is 2.41 bits per heavy atom. The first-order chi connectivity index (χ1) is 15.2. The SMILES string of the molecule is CCOC(=O)c1ccc(NC(=O)CCS(=O)(=O)c2cc(-c3cc(C)no3)ccc2C)cc1. The van der Waals surface area contributed by atoms with Gasteiger partial charge in [-0.1, -0.05) is 17.3 Å². The molecule has 168 valence electrons. The van der Waals surface area contributed by atoms with Crippen molar-refractivity contribution in [2.75, 3.05) is 17.7 Å². The van der Waals surface area contributed by atoms with Gasteiger partial charge >= 0.3 is 5.97 Å². The van der Waals surface area contributed by atoms with E-state index >= 15 is 0 Å². The summed E-state index contributed by atoms with van der Waals surface area (Å²) in [4.78, 5) is 24.1. The third kappa shape index (κ3) is 5.61. The highest BCUT2D eigenvalue weighted by Crippen LogP contribution is 2.26. The number of rotatable bonds is 8. The normalized spacial score (nSPS) is 11.2. The van der Waals surface area contributed by atoms with E-state index in [1.165, 1.54) is 18.2 Å². The molecular formula is C23H24N2O6S. The van der Waals surface area contributed by atoms with Crippen LogP contribution in [0.4, 0.5) is 5.69 Å². The molecule has 0 aliphatic carbocycles. The molecule has 0 aliphatic rings. The highest BCUT2D eigenvalue weighted by Gasteiger charge is 2.20. The molecule has 1 N–H and O–H groups in total. The number of carbonyl (C=O) groups excluding carboxylic acids is 2. The summed E-state index contributed by atoms with van der Waals surface area (Å²) in [6, 6.07) is 12.9. The molecule has 3 aromatic rings. The number of sulfone groups is 1. The van der Waals surface area contributed by atoms with Gasteiger partial charge in [0.15, 0.2) is 15.6 Å². The average Bonchev–Trinajstić information content (AvgIpc) is 3.19. The molecule has 0 saturated carbocycles. The Labute approximate surface area is 186 Å². The molecule has 0 atom stereocenters. The van der Waals surface area contributed by atoms with Crippen LogP contribution in [0.15, 0.2) is 57.9 Å². The molecule has 1 amide bonds. The van der Waals surface area contributed by atoms with Crippen LogP contribution in [0.3, 0.4) is 0 Å². The molecule has 2 aromatic carbocycles. The van der Waals surface area contributed by atoms with Gasteiger partial charge < -0.3 is 14.6 Å². The van der Waals surface area contributed by atoms with Crippen LogP contribution in [-0.2, 0) is 19.4 Å². The van der Waals surface area contributed by atoms with Crippen LogP contribution < -0.4 is 5.32 Å². The summed E-state index contributed by atoms with van der Waals surface area (Å²) in [7, 11) is -3.71. The van der Waals surface area contributed by atoms with Crippen molar-refractivity contribution in [3.63, 3.8) is 0 Å². The predicted octanol–water partition coefficient (Wildman–Crippen LogP) is 3.94. The molecule has 0 fully saturated rings. The van der Waals surface area contributed by atoms with Crippen molar-refractivity contribution in [3.8, 4) is 11.3 Å². The maximum atomic E-state index is 12.9. The van der Waals surface area contributed by atoms with E-state index < -0.39 is 21.7 Å². The number of nitrogens with one attached hydrogen (secondary N) is 1. The van der Waals surface area contributed by atoms with E-state index in [9.17, 15) is 18.0 Å². The average molecular weight is 457 g/mol. The number of aromatic nitrogens is 1. The first-order valence-corrected chi connectivity index (χ1v) is 11.7. The van der Waals surface area contributed by atoms with Crippen LogP contribution in [0.5, 0.6) is 0 Å². The number of anilines is 1.